The fourth-order valence-corrected chi connectivity index (χ4v) is 6.55. The van der Waals surface area contributed by atoms with E-state index in [2.05, 4.69) is 0 Å². The second-order valence-electron chi connectivity index (χ2n) is 6.53. The van der Waals surface area contributed by atoms with E-state index in [9.17, 15) is 18.0 Å². The number of halogens is 3. The highest BCUT2D eigenvalue weighted by Crippen LogP contribution is 2.37. The first kappa shape index (κ1) is 22.6. The van der Waals surface area contributed by atoms with Gasteiger partial charge in [-0.05, 0) is 42.0 Å². The van der Waals surface area contributed by atoms with Gasteiger partial charge in [-0.3, -0.25) is 4.79 Å². The molecule has 2 amide bonds. The van der Waals surface area contributed by atoms with Crippen LogP contribution in [0.15, 0.2) is 69.7 Å². The van der Waals surface area contributed by atoms with Crippen LogP contribution in [0.5, 0.6) is 0 Å². The van der Waals surface area contributed by atoms with Crippen LogP contribution in [0.3, 0.4) is 0 Å². The lowest BCUT2D eigenvalue weighted by molar-refractivity contribution is 0.257. The SMILES string of the molecule is NC(=O)N(c1ccc(-c2c3c(=O)cccc-3cc(Cl)n2Cl)cc1)S(=O)(=O)c1ccc(Cl)s1. The molecule has 164 valence electrons. The van der Waals surface area contributed by atoms with E-state index in [-0.39, 0.29) is 24.8 Å². The van der Waals surface area contributed by atoms with Gasteiger partial charge in [-0.25, -0.2) is 8.88 Å². The number of primary amides is 1. The first-order chi connectivity index (χ1) is 15.1. The molecule has 12 heteroatoms. The third-order valence-corrected chi connectivity index (χ3v) is 8.71. The van der Waals surface area contributed by atoms with E-state index in [1.165, 1.54) is 42.5 Å². The highest BCUT2D eigenvalue weighted by molar-refractivity contribution is 7.95. The summed E-state index contributed by atoms with van der Waals surface area (Å²) in [6.45, 7) is 0. The maximum absolute atomic E-state index is 13.0. The number of hydrogen-bond donors (Lipinski definition) is 1. The molecule has 32 heavy (non-hydrogen) atoms. The van der Waals surface area contributed by atoms with Crippen LogP contribution in [0.4, 0.5) is 10.5 Å². The number of amides is 2. The molecule has 2 heterocycles. The molecule has 0 radical (unpaired) electrons. The molecule has 4 rings (SSSR count). The summed E-state index contributed by atoms with van der Waals surface area (Å²) in [7, 11) is -4.28. The molecule has 0 bridgehead atoms. The zero-order chi connectivity index (χ0) is 23.2. The van der Waals surface area contributed by atoms with Crippen molar-refractivity contribution in [1.29, 1.82) is 0 Å². The molecule has 1 aromatic heterocycles. The summed E-state index contributed by atoms with van der Waals surface area (Å²) in [5, 5.41) is 0.180. The van der Waals surface area contributed by atoms with Crippen molar-refractivity contribution in [3.05, 3.63) is 80.4 Å². The Morgan fingerprint density at radius 2 is 1.69 bits per heavy atom. The Morgan fingerprint density at radius 1 is 1.00 bits per heavy atom. The van der Waals surface area contributed by atoms with Crippen molar-refractivity contribution < 1.29 is 13.2 Å². The number of nitrogens with zero attached hydrogens (tertiary/aromatic N) is 2. The number of anilines is 1. The number of aromatic nitrogens is 1. The van der Waals surface area contributed by atoms with Crippen molar-refractivity contribution in [1.82, 2.24) is 4.09 Å². The average Bonchev–Trinajstić information content (AvgIpc) is 3.17. The van der Waals surface area contributed by atoms with E-state index in [0.29, 0.717) is 26.7 Å². The Hall–Kier alpha value is -2.56. The van der Waals surface area contributed by atoms with E-state index in [1.807, 2.05) is 0 Å². The monoisotopic (exact) mass is 527 g/mol. The summed E-state index contributed by atoms with van der Waals surface area (Å²) in [6.07, 6.45) is 0. The number of pyridine rings is 1. The number of rotatable bonds is 4. The van der Waals surface area contributed by atoms with Crippen LogP contribution >= 0.6 is 46.3 Å². The third kappa shape index (κ3) is 3.87. The van der Waals surface area contributed by atoms with Crippen molar-refractivity contribution in [3.63, 3.8) is 0 Å². The zero-order valence-corrected chi connectivity index (χ0v) is 19.7. The van der Waals surface area contributed by atoms with Gasteiger partial charge in [0.15, 0.2) is 5.43 Å². The summed E-state index contributed by atoms with van der Waals surface area (Å²) in [6, 6.07) is 13.6. The van der Waals surface area contributed by atoms with Crippen molar-refractivity contribution in [3.8, 4) is 22.4 Å². The summed E-state index contributed by atoms with van der Waals surface area (Å²) >= 11 is 19.2. The van der Waals surface area contributed by atoms with E-state index >= 15 is 0 Å². The fourth-order valence-electron chi connectivity index (χ4n) is 3.23. The largest absolute Gasteiger partial charge is 0.350 e. The fraction of sp³-hybridized carbons (Fsp3) is 0. The quantitative estimate of drug-likeness (QED) is 0.365. The summed E-state index contributed by atoms with van der Waals surface area (Å²) < 4.78 is 27.6. The topological polar surface area (TPSA) is 102 Å². The second kappa shape index (κ2) is 8.42. The molecule has 0 saturated carbocycles. The maximum Gasteiger partial charge on any atom is 0.333 e. The van der Waals surface area contributed by atoms with Gasteiger partial charge in [-0.15, -0.1) is 11.3 Å². The van der Waals surface area contributed by atoms with Crippen molar-refractivity contribution in [2.75, 3.05) is 4.31 Å². The lowest BCUT2D eigenvalue weighted by atomic mass is 9.97. The lowest BCUT2D eigenvalue weighted by Gasteiger charge is -2.20. The van der Waals surface area contributed by atoms with Gasteiger partial charge in [-0.2, -0.15) is 12.7 Å². The van der Waals surface area contributed by atoms with Gasteiger partial charge in [0.2, 0.25) is 0 Å². The van der Waals surface area contributed by atoms with Crippen LogP contribution in [0, 0.1) is 0 Å². The highest BCUT2D eigenvalue weighted by Gasteiger charge is 2.31. The minimum atomic E-state index is -4.28. The number of fused-ring (bicyclic) bond motifs is 1. The predicted molar refractivity (Wildman–Crippen MR) is 128 cm³/mol. The maximum atomic E-state index is 13.0. The van der Waals surface area contributed by atoms with Gasteiger partial charge in [0.1, 0.15) is 9.36 Å². The van der Waals surface area contributed by atoms with Gasteiger partial charge >= 0.3 is 6.03 Å². The summed E-state index contributed by atoms with van der Waals surface area (Å²) in [5.74, 6) is 0. The molecule has 1 aliphatic carbocycles. The molecule has 0 unspecified atom stereocenters. The van der Waals surface area contributed by atoms with Crippen LogP contribution in [-0.2, 0) is 10.0 Å². The van der Waals surface area contributed by atoms with Crippen molar-refractivity contribution in [2.24, 2.45) is 5.73 Å². The number of hydrogen-bond acceptors (Lipinski definition) is 5. The van der Waals surface area contributed by atoms with Gasteiger partial charge < -0.3 is 5.73 Å². The molecule has 0 saturated heterocycles. The molecule has 1 aliphatic heterocycles. The van der Waals surface area contributed by atoms with E-state index in [4.69, 9.17) is 40.7 Å². The molecule has 2 aliphatic rings. The number of benzene rings is 2. The average molecular weight is 529 g/mol. The normalized spacial score (nSPS) is 11.6. The summed E-state index contributed by atoms with van der Waals surface area (Å²) in [4.78, 5) is 24.6. The molecule has 0 fully saturated rings. The molecular weight excluding hydrogens is 517 g/mol. The minimum absolute atomic E-state index is 0.000533. The van der Waals surface area contributed by atoms with Crippen LogP contribution in [0.1, 0.15) is 0 Å². The highest BCUT2D eigenvalue weighted by atomic mass is 35.5. The molecule has 2 N–H and O–H groups in total. The first-order valence-corrected chi connectivity index (χ1v) is 12.2. The molecule has 1 aromatic carbocycles. The predicted octanol–water partition coefficient (Wildman–Crippen LogP) is 5.26. The number of thiophene rings is 1. The van der Waals surface area contributed by atoms with Crippen molar-refractivity contribution >= 4 is 68.1 Å². The van der Waals surface area contributed by atoms with Crippen LogP contribution in [-0.4, -0.2) is 18.5 Å². The first-order valence-electron chi connectivity index (χ1n) is 8.82. The Kier molecular flexibility index (Phi) is 5.95. The van der Waals surface area contributed by atoms with Crippen LogP contribution in [0.2, 0.25) is 9.49 Å². The summed E-state index contributed by atoms with van der Waals surface area (Å²) in [5.41, 5.74) is 6.85. The molecule has 0 atom stereocenters. The van der Waals surface area contributed by atoms with Crippen molar-refractivity contribution in [2.45, 2.75) is 4.21 Å². The van der Waals surface area contributed by atoms with E-state index in [1.54, 1.807) is 18.2 Å². The van der Waals surface area contributed by atoms with Gasteiger partial charge in [0.05, 0.1) is 21.3 Å². The Bertz CT molecular complexity index is 1480. The number of sulfonamides is 1. The van der Waals surface area contributed by atoms with Gasteiger partial charge in [-0.1, -0.05) is 47.5 Å². The minimum Gasteiger partial charge on any atom is -0.350 e. The number of carbonyl (C=O) groups excluding carboxylic acids is 1. The smallest absolute Gasteiger partial charge is 0.333 e. The van der Waals surface area contributed by atoms with Gasteiger partial charge in [0.25, 0.3) is 10.0 Å². The van der Waals surface area contributed by atoms with Crippen LogP contribution in [0.25, 0.3) is 22.4 Å². The second-order valence-corrected chi connectivity index (χ2v) is 11.0. The Labute approximate surface area is 201 Å². The number of nitrogens with two attached hydrogens (primary N) is 1. The van der Waals surface area contributed by atoms with Crippen LogP contribution < -0.4 is 15.5 Å². The Balaban J connectivity index is 1.84. The number of carbonyl (C=O) groups is 1. The third-order valence-electron chi connectivity index (χ3n) is 4.57. The number of urea groups is 1. The lowest BCUT2D eigenvalue weighted by Crippen LogP contribution is -2.40. The standard InChI is InChI=1S/C20H12Cl3N3O4S2/c21-15-10-12-2-1-3-14(27)18(12)19(25(15)23)11-4-6-13(7-5-11)26(20(24)28)32(29,30)17-9-8-16(22)31-17/h1-10H,(H2,24,28). The zero-order valence-electron chi connectivity index (χ0n) is 15.8. The van der Waals surface area contributed by atoms with E-state index < -0.39 is 16.1 Å². The Morgan fingerprint density at radius 3 is 2.28 bits per heavy atom. The molecular formula is C20H12Cl3N3O4S2. The van der Waals surface area contributed by atoms with E-state index in [0.717, 1.165) is 15.4 Å². The molecule has 0 spiro atoms. The molecule has 7 nitrogen and oxygen atoms in total. The van der Waals surface area contributed by atoms with Gasteiger partial charge in [0, 0.05) is 17.3 Å². The molecule has 2 aromatic rings.